The van der Waals surface area contributed by atoms with Gasteiger partial charge in [-0.15, -0.1) is 0 Å². The standard InChI is InChI=1S/C17H26/c1-2-3-11-17(14-15-9-7-8-10-15)16-12-5-4-6-13-16/h4-6,12-13,15,17H,2-3,7-11,14H2,1H3. The molecule has 0 aliphatic heterocycles. The quantitative estimate of drug-likeness (QED) is 0.602. The van der Waals surface area contributed by atoms with Gasteiger partial charge in [0.15, 0.2) is 0 Å². The van der Waals surface area contributed by atoms with Crippen molar-refractivity contribution >= 4 is 0 Å². The zero-order valence-electron chi connectivity index (χ0n) is 11.2. The molecule has 1 aromatic carbocycles. The molecule has 0 N–H and O–H groups in total. The van der Waals surface area contributed by atoms with Crippen LogP contribution in [0.4, 0.5) is 0 Å². The van der Waals surface area contributed by atoms with Gasteiger partial charge in [0, 0.05) is 0 Å². The third-order valence-electron chi connectivity index (χ3n) is 4.27. The lowest BCUT2D eigenvalue weighted by atomic mass is 9.84. The Morgan fingerprint density at radius 2 is 1.82 bits per heavy atom. The monoisotopic (exact) mass is 230 g/mol. The van der Waals surface area contributed by atoms with Gasteiger partial charge in [-0.3, -0.25) is 0 Å². The zero-order chi connectivity index (χ0) is 11.9. The van der Waals surface area contributed by atoms with E-state index >= 15 is 0 Å². The predicted octanol–water partition coefficient (Wildman–Crippen LogP) is 5.54. The van der Waals surface area contributed by atoms with Gasteiger partial charge in [-0.25, -0.2) is 0 Å². The van der Waals surface area contributed by atoms with Gasteiger partial charge in [0.1, 0.15) is 0 Å². The Labute approximate surface area is 106 Å². The molecule has 17 heavy (non-hydrogen) atoms. The summed E-state index contributed by atoms with van der Waals surface area (Å²) in [5, 5.41) is 0. The van der Waals surface area contributed by atoms with Crippen molar-refractivity contribution < 1.29 is 0 Å². The second kappa shape index (κ2) is 6.83. The summed E-state index contributed by atoms with van der Waals surface area (Å²) in [7, 11) is 0. The summed E-state index contributed by atoms with van der Waals surface area (Å²) in [6.45, 7) is 2.30. The molecule has 1 atom stereocenters. The number of hydrogen-bond acceptors (Lipinski definition) is 0. The van der Waals surface area contributed by atoms with Gasteiger partial charge in [-0.2, -0.15) is 0 Å². The van der Waals surface area contributed by atoms with Crippen molar-refractivity contribution in [3.63, 3.8) is 0 Å². The van der Waals surface area contributed by atoms with Crippen LogP contribution in [-0.2, 0) is 0 Å². The van der Waals surface area contributed by atoms with Crippen LogP contribution in [0.3, 0.4) is 0 Å². The molecule has 0 heterocycles. The maximum absolute atomic E-state index is 2.33. The lowest BCUT2D eigenvalue weighted by Gasteiger charge is -2.21. The second-order valence-corrected chi connectivity index (χ2v) is 5.64. The van der Waals surface area contributed by atoms with Crippen LogP contribution in [0.5, 0.6) is 0 Å². The molecule has 1 aliphatic carbocycles. The highest BCUT2D eigenvalue weighted by molar-refractivity contribution is 5.19. The predicted molar refractivity (Wildman–Crippen MR) is 75.3 cm³/mol. The smallest absolute Gasteiger partial charge is 0.0159 e. The molecule has 0 nitrogen and oxygen atoms in total. The fraction of sp³-hybridized carbons (Fsp3) is 0.647. The lowest BCUT2D eigenvalue weighted by molar-refractivity contribution is 0.421. The first-order valence-corrected chi connectivity index (χ1v) is 7.45. The van der Waals surface area contributed by atoms with E-state index in [1.54, 1.807) is 5.56 Å². The Balaban J connectivity index is 1.97. The summed E-state index contributed by atoms with van der Waals surface area (Å²) in [4.78, 5) is 0. The van der Waals surface area contributed by atoms with Crippen molar-refractivity contribution in [3.05, 3.63) is 35.9 Å². The molecule has 0 amide bonds. The summed E-state index contributed by atoms with van der Waals surface area (Å²) >= 11 is 0. The largest absolute Gasteiger partial charge is 0.0654 e. The topological polar surface area (TPSA) is 0 Å². The Bertz CT molecular complexity index is 295. The Hall–Kier alpha value is -0.780. The fourth-order valence-electron chi connectivity index (χ4n) is 3.24. The third kappa shape index (κ3) is 3.87. The van der Waals surface area contributed by atoms with Gasteiger partial charge in [0.2, 0.25) is 0 Å². The number of benzene rings is 1. The first-order valence-electron chi connectivity index (χ1n) is 7.45. The minimum atomic E-state index is 0.819. The van der Waals surface area contributed by atoms with Crippen LogP contribution in [0.25, 0.3) is 0 Å². The molecular weight excluding hydrogens is 204 g/mol. The molecule has 0 spiro atoms. The van der Waals surface area contributed by atoms with E-state index in [0.717, 1.165) is 11.8 Å². The molecule has 1 fully saturated rings. The molecule has 0 aromatic heterocycles. The van der Waals surface area contributed by atoms with Crippen LogP contribution in [0.2, 0.25) is 0 Å². The minimum Gasteiger partial charge on any atom is -0.0654 e. The van der Waals surface area contributed by atoms with Crippen LogP contribution in [0.1, 0.15) is 69.8 Å². The van der Waals surface area contributed by atoms with Crippen LogP contribution in [0, 0.1) is 5.92 Å². The highest BCUT2D eigenvalue weighted by Gasteiger charge is 2.20. The number of rotatable bonds is 6. The van der Waals surface area contributed by atoms with Crippen molar-refractivity contribution in [2.75, 3.05) is 0 Å². The Morgan fingerprint density at radius 3 is 2.47 bits per heavy atom. The molecule has 94 valence electrons. The number of hydrogen-bond donors (Lipinski definition) is 0. The van der Waals surface area contributed by atoms with Gasteiger partial charge in [-0.1, -0.05) is 75.8 Å². The Kier molecular flexibility index (Phi) is 5.09. The second-order valence-electron chi connectivity index (χ2n) is 5.64. The van der Waals surface area contributed by atoms with Crippen LogP contribution in [0.15, 0.2) is 30.3 Å². The van der Waals surface area contributed by atoms with Gasteiger partial charge in [-0.05, 0) is 30.2 Å². The van der Waals surface area contributed by atoms with Crippen LogP contribution in [-0.4, -0.2) is 0 Å². The average Bonchev–Trinajstić information content (AvgIpc) is 2.88. The molecule has 1 unspecified atom stereocenters. The van der Waals surface area contributed by atoms with E-state index in [9.17, 15) is 0 Å². The van der Waals surface area contributed by atoms with E-state index in [2.05, 4.69) is 37.3 Å². The van der Waals surface area contributed by atoms with Gasteiger partial charge in [0.05, 0.1) is 0 Å². The summed E-state index contributed by atoms with van der Waals surface area (Å²) in [6, 6.07) is 11.2. The van der Waals surface area contributed by atoms with Gasteiger partial charge >= 0.3 is 0 Å². The van der Waals surface area contributed by atoms with E-state index in [4.69, 9.17) is 0 Å². The first-order chi connectivity index (χ1) is 8.40. The van der Waals surface area contributed by atoms with E-state index in [-0.39, 0.29) is 0 Å². The van der Waals surface area contributed by atoms with Crippen molar-refractivity contribution in [2.24, 2.45) is 5.92 Å². The average molecular weight is 230 g/mol. The summed E-state index contributed by atoms with van der Waals surface area (Å²) in [5.74, 6) is 1.83. The van der Waals surface area contributed by atoms with Crippen LogP contribution < -0.4 is 0 Å². The first kappa shape index (κ1) is 12.7. The normalized spacial score (nSPS) is 18.4. The van der Waals surface area contributed by atoms with E-state index < -0.39 is 0 Å². The van der Waals surface area contributed by atoms with Crippen molar-refractivity contribution in [3.8, 4) is 0 Å². The van der Waals surface area contributed by atoms with Crippen molar-refractivity contribution in [1.29, 1.82) is 0 Å². The molecular formula is C17H26. The SMILES string of the molecule is CCCCC(CC1CCCC1)c1ccccc1. The minimum absolute atomic E-state index is 0.819. The molecule has 1 saturated carbocycles. The van der Waals surface area contributed by atoms with Gasteiger partial charge < -0.3 is 0 Å². The van der Waals surface area contributed by atoms with Crippen molar-refractivity contribution in [2.45, 2.75) is 64.2 Å². The molecule has 2 rings (SSSR count). The highest BCUT2D eigenvalue weighted by atomic mass is 14.3. The van der Waals surface area contributed by atoms with Crippen molar-refractivity contribution in [1.82, 2.24) is 0 Å². The maximum atomic E-state index is 2.33. The molecule has 0 bridgehead atoms. The lowest BCUT2D eigenvalue weighted by Crippen LogP contribution is -2.05. The van der Waals surface area contributed by atoms with Crippen LogP contribution >= 0.6 is 0 Å². The van der Waals surface area contributed by atoms with E-state index in [1.807, 2.05) is 0 Å². The fourth-order valence-corrected chi connectivity index (χ4v) is 3.24. The van der Waals surface area contributed by atoms with Gasteiger partial charge in [0.25, 0.3) is 0 Å². The molecule has 0 radical (unpaired) electrons. The molecule has 0 saturated heterocycles. The third-order valence-corrected chi connectivity index (χ3v) is 4.27. The highest BCUT2D eigenvalue weighted by Crippen LogP contribution is 2.36. The summed E-state index contributed by atoms with van der Waals surface area (Å²) < 4.78 is 0. The van der Waals surface area contributed by atoms with E-state index in [0.29, 0.717) is 0 Å². The molecule has 0 heteroatoms. The van der Waals surface area contributed by atoms with E-state index in [1.165, 1.54) is 51.4 Å². The summed E-state index contributed by atoms with van der Waals surface area (Å²) in [6.07, 6.45) is 11.4. The zero-order valence-corrected chi connectivity index (χ0v) is 11.2. The molecule has 1 aliphatic rings. The summed E-state index contributed by atoms with van der Waals surface area (Å²) in [5.41, 5.74) is 1.58. The Morgan fingerprint density at radius 1 is 1.12 bits per heavy atom. The number of unbranched alkanes of at least 4 members (excludes halogenated alkanes) is 1. The maximum Gasteiger partial charge on any atom is -0.0159 e. The molecule has 1 aromatic rings.